The molecule has 0 unspecified atom stereocenters. The van der Waals surface area contributed by atoms with Crippen molar-refractivity contribution in [3.8, 4) is 0 Å². The lowest BCUT2D eigenvalue weighted by atomic mass is 10.3. The molecule has 1 rings (SSSR count). The highest BCUT2D eigenvalue weighted by Crippen LogP contribution is 2.26. The summed E-state index contributed by atoms with van der Waals surface area (Å²) in [6.45, 7) is 3.53. The van der Waals surface area contributed by atoms with Crippen LogP contribution < -0.4 is 10.6 Å². The molecule has 0 aliphatic carbocycles. The van der Waals surface area contributed by atoms with Crippen LogP contribution >= 0.6 is 11.6 Å². The van der Waals surface area contributed by atoms with Crippen LogP contribution in [0.1, 0.15) is 13.3 Å². The Labute approximate surface area is 121 Å². The van der Waals surface area contributed by atoms with Gasteiger partial charge in [0, 0.05) is 31.9 Å². The number of rotatable bonds is 7. The molecule has 1 aromatic rings. The average molecular weight is 302 g/mol. The molecule has 2 amide bonds. The van der Waals surface area contributed by atoms with Gasteiger partial charge in [0.15, 0.2) is 0 Å². The number of amides is 2. The van der Waals surface area contributed by atoms with Crippen LogP contribution in [-0.2, 0) is 4.74 Å². The lowest BCUT2D eigenvalue weighted by Crippen LogP contribution is -2.30. The van der Waals surface area contributed by atoms with Crippen molar-refractivity contribution in [1.29, 1.82) is 0 Å². The molecular formula is C12H16ClN3O4. The van der Waals surface area contributed by atoms with Crippen molar-refractivity contribution in [3.63, 3.8) is 0 Å². The fourth-order valence-electron chi connectivity index (χ4n) is 1.41. The number of nitro groups is 1. The predicted molar refractivity (Wildman–Crippen MR) is 76.2 cm³/mol. The van der Waals surface area contributed by atoms with E-state index >= 15 is 0 Å². The maximum atomic E-state index is 11.6. The minimum absolute atomic E-state index is 0.138. The van der Waals surface area contributed by atoms with Gasteiger partial charge in [-0.25, -0.2) is 4.79 Å². The molecule has 0 saturated carbocycles. The number of nitro benzene ring substituents is 1. The topological polar surface area (TPSA) is 93.5 Å². The SMILES string of the molecule is CCOCCCNC(=O)Nc1cc([N+](=O)[O-])ccc1Cl. The number of hydrogen-bond acceptors (Lipinski definition) is 4. The second-order valence-corrected chi connectivity index (χ2v) is 4.26. The third-order valence-corrected chi connectivity index (χ3v) is 2.69. The van der Waals surface area contributed by atoms with Gasteiger partial charge in [0.05, 0.1) is 15.6 Å². The Morgan fingerprint density at radius 3 is 2.90 bits per heavy atom. The van der Waals surface area contributed by atoms with Gasteiger partial charge in [-0.3, -0.25) is 10.1 Å². The van der Waals surface area contributed by atoms with Gasteiger partial charge in [-0.1, -0.05) is 11.6 Å². The highest BCUT2D eigenvalue weighted by atomic mass is 35.5. The first kappa shape index (κ1) is 16.2. The van der Waals surface area contributed by atoms with E-state index in [0.717, 1.165) is 0 Å². The van der Waals surface area contributed by atoms with Gasteiger partial charge >= 0.3 is 6.03 Å². The van der Waals surface area contributed by atoms with Gasteiger partial charge in [-0.15, -0.1) is 0 Å². The molecule has 0 fully saturated rings. The Hall–Kier alpha value is -1.86. The number of nitrogens with zero attached hydrogens (tertiary/aromatic N) is 1. The molecule has 8 heteroatoms. The molecule has 0 aliphatic heterocycles. The van der Waals surface area contributed by atoms with Crippen molar-refractivity contribution in [1.82, 2.24) is 5.32 Å². The Bertz CT molecular complexity index is 482. The summed E-state index contributed by atoms with van der Waals surface area (Å²) in [4.78, 5) is 21.7. The minimum Gasteiger partial charge on any atom is -0.382 e. The van der Waals surface area contributed by atoms with Crippen LogP contribution in [0.25, 0.3) is 0 Å². The Morgan fingerprint density at radius 2 is 2.25 bits per heavy atom. The summed E-state index contributed by atoms with van der Waals surface area (Å²) >= 11 is 5.86. The summed E-state index contributed by atoms with van der Waals surface area (Å²) in [7, 11) is 0. The lowest BCUT2D eigenvalue weighted by molar-refractivity contribution is -0.384. The van der Waals surface area contributed by atoms with Crippen molar-refractivity contribution < 1.29 is 14.5 Å². The molecule has 0 bridgehead atoms. The van der Waals surface area contributed by atoms with E-state index in [-0.39, 0.29) is 16.4 Å². The zero-order valence-corrected chi connectivity index (χ0v) is 11.8. The molecule has 0 aliphatic rings. The summed E-state index contributed by atoms with van der Waals surface area (Å²) in [6, 6.07) is 3.38. The standard InChI is InChI=1S/C12H16ClN3O4/c1-2-20-7-3-6-14-12(17)15-11-8-9(16(18)19)4-5-10(11)13/h4-5,8H,2-3,6-7H2,1H3,(H2,14,15,17). The van der Waals surface area contributed by atoms with Crippen molar-refractivity contribution in [2.24, 2.45) is 0 Å². The molecule has 7 nitrogen and oxygen atoms in total. The summed E-state index contributed by atoms with van der Waals surface area (Å²) < 4.78 is 5.13. The van der Waals surface area contributed by atoms with E-state index in [2.05, 4.69) is 10.6 Å². The average Bonchev–Trinajstić information content (AvgIpc) is 2.40. The number of ether oxygens (including phenoxy) is 1. The van der Waals surface area contributed by atoms with E-state index in [4.69, 9.17) is 16.3 Å². The van der Waals surface area contributed by atoms with Gasteiger partial charge in [0.2, 0.25) is 0 Å². The molecule has 0 spiro atoms. The van der Waals surface area contributed by atoms with Crippen LogP contribution in [0.4, 0.5) is 16.2 Å². The third-order valence-electron chi connectivity index (χ3n) is 2.36. The summed E-state index contributed by atoms with van der Waals surface area (Å²) in [6.07, 6.45) is 0.684. The highest BCUT2D eigenvalue weighted by molar-refractivity contribution is 6.33. The largest absolute Gasteiger partial charge is 0.382 e. The zero-order valence-electron chi connectivity index (χ0n) is 11.0. The summed E-state index contributed by atoms with van der Waals surface area (Å²) in [5.41, 5.74) is 0.0595. The van der Waals surface area contributed by atoms with Crippen molar-refractivity contribution >= 4 is 29.0 Å². The van der Waals surface area contributed by atoms with Gasteiger partial charge in [0.1, 0.15) is 0 Å². The third kappa shape index (κ3) is 5.41. The van der Waals surface area contributed by atoms with Crippen LogP contribution in [0.3, 0.4) is 0 Å². The first-order valence-electron chi connectivity index (χ1n) is 6.11. The Morgan fingerprint density at radius 1 is 1.50 bits per heavy atom. The van der Waals surface area contributed by atoms with Gasteiger partial charge in [-0.2, -0.15) is 0 Å². The molecule has 110 valence electrons. The fraction of sp³-hybridized carbons (Fsp3) is 0.417. The van der Waals surface area contributed by atoms with Crippen molar-refractivity contribution in [3.05, 3.63) is 33.3 Å². The second-order valence-electron chi connectivity index (χ2n) is 3.85. The fourth-order valence-corrected chi connectivity index (χ4v) is 1.57. The van der Waals surface area contributed by atoms with Crippen LogP contribution in [0.15, 0.2) is 18.2 Å². The minimum atomic E-state index is -0.554. The van der Waals surface area contributed by atoms with Crippen molar-refractivity contribution in [2.75, 3.05) is 25.1 Å². The first-order chi connectivity index (χ1) is 9.54. The van der Waals surface area contributed by atoms with E-state index in [9.17, 15) is 14.9 Å². The predicted octanol–water partition coefficient (Wildman–Crippen LogP) is 2.80. The highest BCUT2D eigenvalue weighted by Gasteiger charge is 2.11. The number of carbonyl (C=O) groups excluding carboxylic acids is 1. The number of nitrogens with one attached hydrogen (secondary N) is 2. The molecule has 20 heavy (non-hydrogen) atoms. The smallest absolute Gasteiger partial charge is 0.319 e. The van der Waals surface area contributed by atoms with Crippen LogP contribution in [0.2, 0.25) is 5.02 Å². The number of carbonyl (C=O) groups is 1. The van der Waals surface area contributed by atoms with Crippen LogP contribution in [0.5, 0.6) is 0 Å². The molecule has 1 aromatic carbocycles. The number of urea groups is 1. The summed E-state index contributed by atoms with van der Waals surface area (Å²) in [5.74, 6) is 0. The van der Waals surface area contributed by atoms with E-state index in [1.165, 1.54) is 18.2 Å². The molecule has 0 aromatic heterocycles. The second kappa shape index (κ2) is 8.34. The Balaban J connectivity index is 2.49. The normalized spacial score (nSPS) is 10.1. The molecule has 0 radical (unpaired) electrons. The van der Waals surface area contributed by atoms with E-state index in [0.29, 0.717) is 26.2 Å². The van der Waals surface area contributed by atoms with Crippen LogP contribution in [0, 0.1) is 10.1 Å². The quantitative estimate of drug-likeness (QED) is 0.460. The Kier molecular flexibility index (Phi) is 6.75. The van der Waals surface area contributed by atoms with E-state index in [1.54, 1.807) is 0 Å². The van der Waals surface area contributed by atoms with Gasteiger partial charge in [0.25, 0.3) is 5.69 Å². The molecular weight excluding hydrogens is 286 g/mol. The monoisotopic (exact) mass is 301 g/mol. The molecule has 0 heterocycles. The van der Waals surface area contributed by atoms with E-state index < -0.39 is 11.0 Å². The van der Waals surface area contributed by atoms with Gasteiger partial charge in [-0.05, 0) is 19.4 Å². The number of non-ortho nitro benzene ring substituents is 1. The zero-order chi connectivity index (χ0) is 15.0. The van der Waals surface area contributed by atoms with Crippen molar-refractivity contribution in [2.45, 2.75) is 13.3 Å². The maximum absolute atomic E-state index is 11.6. The summed E-state index contributed by atoms with van der Waals surface area (Å²) in [5, 5.41) is 16.0. The maximum Gasteiger partial charge on any atom is 0.319 e. The number of hydrogen-bond donors (Lipinski definition) is 2. The number of benzene rings is 1. The van der Waals surface area contributed by atoms with E-state index in [1.807, 2.05) is 6.92 Å². The molecule has 0 saturated heterocycles. The first-order valence-corrected chi connectivity index (χ1v) is 6.49. The molecule has 0 atom stereocenters. The molecule has 2 N–H and O–H groups in total. The lowest BCUT2D eigenvalue weighted by Gasteiger charge is -2.09. The number of anilines is 1. The van der Waals surface area contributed by atoms with Crippen LogP contribution in [-0.4, -0.2) is 30.7 Å². The van der Waals surface area contributed by atoms with Gasteiger partial charge < -0.3 is 15.4 Å². The number of halogens is 1.